The Labute approximate surface area is 83.8 Å². The van der Waals surface area contributed by atoms with Gasteiger partial charge in [0.15, 0.2) is 6.67 Å². The van der Waals surface area contributed by atoms with Crippen LogP contribution >= 0.6 is 0 Å². The van der Waals surface area contributed by atoms with Crippen LogP contribution in [0.5, 0.6) is 5.75 Å². The molecule has 6 heteroatoms. The smallest absolute Gasteiger partial charge is 0.410 e. The fourth-order valence-corrected chi connectivity index (χ4v) is 0.804. The maximum absolute atomic E-state index is 12.3. The van der Waals surface area contributed by atoms with Gasteiger partial charge in [-0.05, 0) is 12.1 Å². The number of halogens is 3. The van der Waals surface area contributed by atoms with Crippen LogP contribution in [0.25, 0.3) is 0 Å². The highest BCUT2D eigenvalue weighted by atomic mass is 19.3. The number of carbonyl (C=O) groups is 1. The van der Waals surface area contributed by atoms with E-state index in [0.29, 0.717) is 0 Å². The van der Waals surface area contributed by atoms with Crippen LogP contribution in [0, 0.1) is 0 Å². The lowest BCUT2D eigenvalue weighted by Crippen LogP contribution is -2.44. The van der Waals surface area contributed by atoms with Gasteiger partial charge in [0.2, 0.25) is 0 Å². The zero-order valence-electron chi connectivity index (χ0n) is 7.54. The Morgan fingerprint density at radius 1 is 1.33 bits per heavy atom. The van der Waals surface area contributed by atoms with Gasteiger partial charge in [0.05, 0.1) is 0 Å². The van der Waals surface area contributed by atoms with E-state index in [1.807, 2.05) is 0 Å². The predicted octanol–water partition coefficient (Wildman–Crippen LogP) is 2.34. The fraction of sp³-hybridized carbons (Fsp3) is 0.222. The summed E-state index contributed by atoms with van der Waals surface area (Å²) in [4.78, 5) is 10.8. The molecule has 0 aliphatic heterocycles. The number of nitrogens with one attached hydrogen (secondary N) is 1. The SMILES string of the molecule is O=C(NC(F)(F)CF)Oc1ccccc1. The Balaban J connectivity index is 2.51. The van der Waals surface area contributed by atoms with Gasteiger partial charge in [0.1, 0.15) is 5.75 Å². The van der Waals surface area contributed by atoms with Crippen molar-refractivity contribution in [2.45, 2.75) is 6.05 Å². The number of para-hydroxylation sites is 1. The van der Waals surface area contributed by atoms with Crippen molar-refractivity contribution in [2.24, 2.45) is 0 Å². The summed E-state index contributed by atoms with van der Waals surface area (Å²) in [5.74, 6) is 0.102. The van der Waals surface area contributed by atoms with Crippen LogP contribution < -0.4 is 10.1 Å². The van der Waals surface area contributed by atoms with Crippen LogP contribution in [-0.4, -0.2) is 18.8 Å². The molecule has 0 unspecified atom stereocenters. The molecule has 82 valence electrons. The van der Waals surface area contributed by atoms with E-state index in [-0.39, 0.29) is 5.75 Å². The Morgan fingerprint density at radius 3 is 2.47 bits per heavy atom. The molecule has 1 N–H and O–H groups in total. The Morgan fingerprint density at radius 2 is 1.93 bits per heavy atom. The largest absolute Gasteiger partial charge is 0.417 e. The number of alkyl halides is 3. The van der Waals surface area contributed by atoms with Crippen LogP contribution in [-0.2, 0) is 0 Å². The third kappa shape index (κ3) is 3.88. The zero-order valence-corrected chi connectivity index (χ0v) is 7.54. The van der Waals surface area contributed by atoms with E-state index in [1.54, 1.807) is 18.2 Å². The molecule has 3 nitrogen and oxygen atoms in total. The molecule has 0 spiro atoms. The van der Waals surface area contributed by atoms with Crippen molar-refractivity contribution < 1.29 is 22.7 Å². The van der Waals surface area contributed by atoms with Crippen molar-refractivity contribution in [1.82, 2.24) is 5.32 Å². The van der Waals surface area contributed by atoms with E-state index in [4.69, 9.17) is 0 Å². The van der Waals surface area contributed by atoms with Crippen LogP contribution in [0.15, 0.2) is 30.3 Å². The van der Waals surface area contributed by atoms with E-state index in [2.05, 4.69) is 4.74 Å². The van der Waals surface area contributed by atoms with Crippen molar-refractivity contribution >= 4 is 6.09 Å². The highest BCUT2D eigenvalue weighted by molar-refractivity contribution is 5.70. The number of benzene rings is 1. The molecule has 0 aliphatic carbocycles. The zero-order chi connectivity index (χ0) is 11.3. The molecular weight excluding hydrogens is 211 g/mol. The lowest BCUT2D eigenvalue weighted by Gasteiger charge is -2.13. The first-order valence-corrected chi connectivity index (χ1v) is 4.02. The van der Waals surface area contributed by atoms with E-state index in [0.717, 1.165) is 5.32 Å². The first-order chi connectivity index (χ1) is 7.03. The van der Waals surface area contributed by atoms with Gasteiger partial charge in [-0.15, -0.1) is 0 Å². The van der Waals surface area contributed by atoms with Crippen molar-refractivity contribution in [1.29, 1.82) is 0 Å². The summed E-state index contributed by atoms with van der Waals surface area (Å²) in [5.41, 5.74) is 0. The van der Waals surface area contributed by atoms with Gasteiger partial charge in [0.25, 0.3) is 0 Å². The summed E-state index contributed by atoms with van der Waals surface area (Å²) in [6.45, 7) is -1.98. The molecule has 15 heavy (non-hydrogen) atoms. The third-order valence-electron chi connectivity index (χ3n) is 1.41. The highest BCUT2D eigenvalue weighted by Gasteiger charge is 2.31. The van der Waals surface area contributed by atoms with Gasteiger partial charge in [-0.2, -0.15) is 8.78 Å². The normalized spacial score (nSPS) is 10.9. The molecule has 0 bridgehead atoms. The summed E-state index contributed by atoms with van der Waals surface area (Å²) in [7, 11) is 0. The number of rotatable bonds is 3. The molecule has 1 rings (SSSR count). The second kappa shape index (κ2) is 4.68. The number of amides is 1. The molecule has 0 atom stereocenters. The summed E-state index contributed by atoms with van der Waals surface area (Å²) >= 11 is 0. The molecular formula is C9H8F3NO2. The van der Waals surface area contributed by atoms with Crippen LogP contribution in [0.3, 0.4) is 0 Å². The Hall–Kier alpha value is -1.72. The van der Waals surface area contributed by atoms with E-state index >= 15 is 0 Å². The van der Waals surface area contributed by atoms with Gasteiger partial charge in [-0.25, -0.2) is 9.18 Å². The summed E-state index contributed by atoms with van der Waals surface area (Å²) in [6.07, 6.45) is -1.40. The van der Waals surface area contributed by atoms with E-state index < -0.39 is 18.8 Å². The summed E-state index contributed by atoms with van der Waals surface area (Å²) in [6, 6.07) is 3.72. The number of hydrogen-bond donors (Lipinski definition) is 1. The molecule has 0 heterocycles. The number of carbonyl (C=O) groups excluding carboxylic acids is 1. The van der Waals surface area contributed by atoms with Crippen LogP contribution in [0.2, 0.25) is 0 Å². The number of ether oxygens (including phenoxy) is 1. The number of hydrogen-bond acceptors (Lipinski definition) is 2. The van der Waals surface area contributed by atoms with Gasteiger partial charge < -0.3 is 4.74 Å². The van der Waals surface area contributed by atoms with Crippen LogP contribution in [0.1, 0.15) is 0 Å². The lowest BCUT2D eigenvalue weighted by molar-refractivity contribution is -0.0471. The second-order valence-electron chi connectivity index (χ2n) is 2.67. The maximum atomic E-state index is 12.3. The molecule has 1 amide bonds. The summed E-state index contributed by atoms with van der Waals surface area (Å²) < 4.78 is 40.7. The molecule has 0 saturated carbocycles. The monoisotopic (exact) mass is 219 g/mol. The molecule has 0 aromatic heterocycles. The minimum absolute atomic E-state index is 0.102. The van der Waals surface area contributed by atoms with Crippen molar-refractivity contribution in [3.8, 4) is 5.75 Å². The fourth-order valence-electron chi connectivity index (χ4n) is 0.804. The first-order valence-electron chi connectivity index (χ1n) is 4.02. The van der Waals surface area contributed by atoms with Crippen molar-refractivity contribution in [3.63, 3.8) is 0 Å². The van der Waals surface area contributed by atoms with Gasteiger partial charge in [-0.3, -0.25) is 5.32 Å². The van der Waals surface area contributed by atoms with E-state index in [1.165, 1.54) is 12.1 Å². The molecule has 0 saturated heterocycles. The average molecular weight is 219 g/mol. The quantitative estimate of drug-likeness (QED) is 0.792. The lowest BCUT2D eigenvalue weighted by atomic mass is 10.3. The van der Waals surface area contributed by atoms with Crippen molar-refractivity contribution in [3.05, 3.63) is 30.3 Å². The average Bonchev–Trinajstić information content (AvgIpc) is 2.18. The van der Waals surface area contributed by atoms with Crippen molar-refractivity contribution in [2.75, 3.05) is 6.67 Å². The van der Waals surface area contributed by atoms with Crippen LogP contribution in [0.4, 0.5) is 18.0 Å². The molecule has 1 aromatic carbocycles. The maximum Gasteiger partial charge on any atom is 0.417 e. The third-order valence-corrected chi connectivity index (χ3v) is 1.41. The van der Waals surface area contributed by atoms with E-state index in [9.17, 15) is 18.0 Å². The van der Waals surface area contributed by atoms with Gasteiger partial charge in [-0.1, -0.05) is 18.2 Å². The minimum atomic E-state index is -3.90. The Kier molecular flexibility index (Phi) is 3.54. The standard InChI is InChI=1S/C9H8F3NO2/c10-6-9(11,12)13-8(14)15-7-4-2-1-3-5-7/h1-5H,6H2,(H,13,14). The van der Waals surface area contributed by atoms with Gasteiger partial charge in [0, 0.05) is 0 Å². The molecule has 0 aliphatic rings. The molecule has 0 radical (unpaired) electrons. The second-order valence-corrected chi connectivity index (χ2v) is 2.67. The summed E-state index contributed by atoms with van der Waals surface area (Å²) in [5, 5.41) is 1.08. The Bertz CT molecular complexity index is 329. The van der Waals surface area contributed by atoms with Gasteiger partial charge >= 0.3 is 12.1 Å². The first kappa shape index (κ1) is 11.4. The molecule has 0 fully saturated rings. The minimum Gasteiger partial charge on any atom is -0.410 e. The predicted molar refractivity (Wildman–Crippen MR) is 46.5 cm³/mol. The molecule has 1 aromatic rings. The topological polar surface area (TPSA) is 38.3 Å². The highest BCUT2D eigenvalue weighted by Crippen LogP contribution is 2.12.